The zero-order chi connectivity index (χ0) is 15.4. The van der Waals surface area contributed by atoms with Crippen LogP contribution in [0.3, 0.4) is 0 Å². The summed E-state index contributed by atoms with van der Waals surface area (Å²) in [5.74, 6) is -0.816. The van der Waals surface area contributed by atoms with Gasteiger partial charge in [0, 0.05) is 11.8 Å². The average molecular weight is 314 g/mol. The molecule has 2 heterocycles. The van der Waals surface area contributed by atoms with E-state index in [1.54, 1.807) is 23.5 Å². The van der Waals surface area contributed by atoms with Gasteiger partial charge in [-0.15, -0.1) is 0 Å². The van der Waals surface area contributed by atoms with E-state index in [9.17, 15) is 9.18 Å². The molecule has 7 heteroatoms. The number of halogens is 1. The lowest BCUT2D eigenvalue weighted by Crippen LogP contribution is -2.08. The summed E-state index contributed by atoms with van der Waals surface area (Å²) in [5.41, 5.74) is 1.60. The van der Waals surface area contributed by atoms with Crippen LogP contribution in [0.4, 0.5) is 10.1 Å². The first-order valence-corrected chi connectivity index (χ1v) is 7.32. The van der Waals surface area contributed by atoms with Crippen LogP contribution >= 0.6 is 11.3 Å². The van der Waals surface area contributed by atoms with Crippen molar-refractivity contribution in [3.8, 4) is 5.69 Å². The van der Waals surface area contributed by atoms with E-state index >= 15 is 0 Å². The minimum Gasteiger partial charge on any atom is -0.322 e. The number of benzene rings is 1. The van der Waals surface area contributed by atoms with Crippen molar-refractivity contribution in [1.82, 2.24) is 14.8 Å². The van der Waals surface area contributed by atoms with Crippen LogP contribution in [0.5, 0.6) is 0 Å². The van der Waals surface area contributed by atoms with Gasteiger partial charge in [0.1, 0.15) is 18.3 Å². The van der Waals surface area contributed by atoms with Crippen molar-refractivity contribution < 1.29 is 9.18 Å². The number of aromatic nitrogens is 3. The lowest BCUT2D eigenvalue weighted by Gasteiger charge is -2.06. The summed E-state index contributed by atoms with van der Waals surface area (Å²) in [5, 5.41) is 10.3. The maximum absolute atomic E-state index is 14.0. The molecule has 0 atom stereocenters. The Morgan fingerprint density at radius 1 is 1.36 bits per heavy atom. The van der Waals surface area contributed by atoms with Gasteiger partial charge < -0.3 is 5.32 Å². The summed E-state index contributed by atoms with van der Waals surface area (Å²) in [6.45, 7) is 0. The van der Waals surface area contributed by atoms with Crippen LogP contribution < -0.4 is 5.32 Å². The van der Waals surface area contributed by atoms with Gasteiger partial charge in [-0.05, 0) is 46.7 Å². The van der Waals surface area contributed by atoms with Crippen molar-refractivity contribution in [2.24, 2.45) is 0 Å². The van der Waals surface area contributed by atoms with Crippen LogP contribution in [-0.2, 0) is 4.79 Å². The maximum atomic E-state index is 14.0. The highest BCUT2D eigenvalue weighted by Crippen LogP contribution is 2.17. The van der Waals surface area contributed by atoms with Crippen molar-refractivity contribution >= 4 is 29.0 Å². The van der Waals surface area contributed by atoms with E-state index in [4.69, 9.17) is 0 Å². The van der Waals surface area contributed by atoms with Gasteiger partial charge in [0.05, 0.1) is 0 Å². The molecule has 0 fully saturated rings. The van der Waals surface area contributed by atoms with Gasteiger partial charge in [-0.2, -0.15) is 16.4 Å². The summed E-state index contributed by atoms with van der Waals surface area (Å²) < 4.78 is 15.3. The second-order valence-corrected chi connectivity index (χ2v) is 5.17. The number of carbonyl (C=O) groups excluding carboxylic acids is 1. The first-order chi connectivity index (χ1) is 10.7. The van der Waals surface area contributed by atoms with E-state index in [2.05, 4.69) is 15.4 Å². The molecule has 0 saturated heterocycles. The molecule has 3 aromatic rings. The Bertz CT molecular complexity index is 797. The van der Waals surface area contributed by atoms with Gasteiger partial charge in [0.25, 0.3) is 0 Å². The fraction of sp³-hybridized carbons (Fsp3) is 0. The number of anilines is 1. The normalized spacial score (nSPS) is 11.0. The Hall–Kier alpha value is -2.80. The standard InChI is InChI=1S/C15H11FN4OS/c16-13-7-12(2-3-14(13)20-10-17-9-18-20)19-15(21)4-1-11-5-6-22-8-11/h1-10H,(H,19,21). The third kappa shape index (κ3) is 3.26. The monoisotopic (exact) mass is 314 g/mol. The predicted octanol–water partition coefficient (Wildman–Crippen LogP) is 3.12. The van der Waals surface area contributed by atoms with Crippen LogP contribution in [0.2, 0.25) is 0 Å². The molecule has 2 aromatic heterocycles. The van der Waals surface area contributed by atoms with Gasteiger partial charge >= 0.3 is 0 Å². The molecular formula is C15H11FN4OS. The SMILES string of the molecule is O=C(C=Cc1ccsc1)Nc1ccc(-n2cncn2)c(F)c1. The van der Waals surface area contributed by atoms with Crippen molar-refractivity contribution in [3.05, 3.63) is 65.1 Å². The summed E-state index contributed by atoms with van der Waals surface area (Å²) in [6, 6.07) is 6.28. The van der Waals surface area contributed by atoms with Gasteiger partial charge in [-0.25, -0.2) is 14.1 Å². The molecule has 0 aliphatic rings. The molecule has 1 amide bonds. The smallest absolute Gasteiger partial charge is 0.248 e. The quantitative estimate of drug-likeness (QED) is 0.753. The molecule has 5 nitrogen and oxygen atoms in total. The molecule has 110 valence electrons. The van der Waals surface area contributed by atoms with E-state index < -0.39 is 5.82 Å². The molecule has 0 aliphatic heterocycles. The summed E-state index contributed by atoms with van der Waals surface area (Å²) in [4.78, 5) is 15.6. The molecule has 1 N–H and O–H groups in total. The fourth-order valence-electron chi connectivity index (χ4n) is 1.83. The Morgan fingerprint density at radius 3 is 2.95 bits per heavy atom. The first kappa shape index (κ1) is 14.2. The van der Waals surface area contributed by atoms with Gasteiger partial charge in [0.15, 0.2) is 5.82 Å². The van der Waals surface area contributed by atoms with Crippen LogP contribution in [0.1, 0.15) is 5.56 Å². The van der Waals surface area contributed by atoms with Gasteiger partial charge in [0.2, 0.25) is 5.91 Å². The molecule has 0 unspecified atom stereocenters. The van der Waals surface area contributed by atoms with Crippen LogP contribution in [0.15, 0.2) is 53.8 Å². The zero-order valence-corrected chi connectivity index (χ0v) is 12.1. The highest BCUT2D eigenvalue weighted by molar-refractivity contribution is 7.08. The lowest BCUT2D eigenvalue weighted by atomic mass is 10.2. The van der Waals surface area contributed by atoms with Crippen LogP contribution in [0.25, 0.3) is 11.8 Å². The Balaban J connectivity index is 1.70. The Kier molecular flexibility index (Phi) is 4.06. The molecule has 0 aliphatic carbocycles. The van der Waals surface area contributed by atoms with Crippen molar-refractivity contribution in [2.45, 2.75) is 0 Å². The first-order valence-electron chi connectivity index (χ1n) is 6.38. The van der Waals surface area contributed by atoms with E-state index in [0.29, 0.717) is 5.69 Å². The summed E-state index contributed by atoms with van der Waals surface area (Å²) >= 11 is 1.55. The summed E-state index contributed by atoms with van der Waals surface area (Å²) in [6.07, 6.45) is 5.84. The molecule has 0 bridgehead atoms. The number of carbonyl (C=O) groups is 1. The number of amides is 1. The number of rotatable bonds is 4. The Morgan fingerprint density at radius 2 is 2.27 bits per heavy atom. The number of nitrogens with zero attached hydrogens (tertiary/aromatic N) is 3. The number of nitrogens with one attached hydrogen (secondary N) is 1. The van der Waals surface area contributed by atoms with E-state index in [1.165, 1.54) is 35.5 Å². The summed E-state index contributed by atoms with van der Waals surface area (Å²) in [7, 11) is 0. The molecule has 0 saturated carbocycles. The predicted molar refractivity (Wildman–Crippen MR) is 83.3 cm³/mol. The molecule has 0 radical (unpaired) electrons. The minimum atomic E-state index is -0.495. The van der Waals surface area contributed by atoms with E-state index in [0.717, 1.165) is 5.56 Å². The largest absolute Gasteiger partial charge is 0.322 e. The Labute approximate surface area is 129 Å². The topological polar surface area (TPSA) is 59.8 Å². The van der Waals surface area contributed by atoms with Crippen molar-refractivity contribution in [3.63, 3.8) is 0 Å². The van der Waals surface area contributed by atoms with Gasteiger partial charge in [-0.1, -0.05) is 0 Å². The molecule has 22 heavy (non-hydrogen) atoms. The third-order valence-electron chi connectivity index (χ3n) is 2.85. The highest BCUT2D eigenvalue weighted by atomic mass is 32.1. The van der Waals surface area contributed by atoms with Crippen LogP contribution in [0, 0.1) is 5.82 Å². The van der Waals surface area contributed by atoms with E-state index in [-0.39, 0.29) is 11.6 Å². The minimum absolute atomic E-state index is 0.268. The molecule has 0 spiro atoms. The third-order valence-corrected chi connectivity index (χ3v) is 3.55. The highest BCUT2D eigenvalue weighted by Gasteiger charge is 2.07. The molecule has 3 rings (SSSR count). The number of hydrogen-bond acceptors (Lipinski definition) is 4. The van der Waals surface area contributed by atoms with Crippen molar-refractivity contribution in [2.75, 3.05) is 5.32 Å². The molecule has 1 aromatic carbocycles. The van der Waals surface area contributed by atoms with E-state index in [1.807, 2.05) is 16.8 Å². The van der Waals surface area contributed by atoms with Crippen LogP contribution in [-0.4, -0.2) is 20.7 Å². The average Bonchev–Trinajstić information content (AvgIpc) is 3.19. The zero-order valence-electron chi connectivity index (χ0n) is 11.3. The maximum Gasteiger partial charge on any atom is 0.248 e. The fourth-order valence-corrected chi connectivity index (χ4v) is 2.46. The second kappa shape index (κ2) is 6.31. The second-order valence-electron chi connectivity index (χ2n) is 4.39. The number of hydrogen-bond donors (Lipinski definition) is 1. The molecular weight excluding hydrogens is 303 g/mol. The van der Waals surface area contributed by atoms with Gasteiger partial charge in [-0.3, -0.25) is 4.79 Å². The lowest BCUT2D eigenvalue weighted by molar-refractivity contribution is -0.111. The number of thiophene rings is 1. The van der Waals surface area contributed by atoms with Crippen molar-refractivity contribution in [1.29, 1.82) is 0 Å².